The highest BCUT2D eigenvalue weighted by Gasteiger charge is 2.37. The average Bonchev–Trinajstić information content (AvgIpc) is 2.26. The Kier molecular flexibility index (Phi) is 3.50. The second-order valence-corrected chi connectivity index (χ2v) is 7.42. The number of anilines is 1. The molecule has 0 aromatic heterocycles. The third-order valence-corrected chi connectivity index (χ3v) is 4.63. The first kappa shape index (κ1) is 13.9. The fourth-order valence-electron chi connectivity index (χ4n) is 2.45. The lowest BCUT2D eigenvalue weighted by Crippen LogP contribution is -2.66. The highest BCUT2D eigenvalue weighted by Crippen LogP contribution is 2.31. The van der Waals surface area contributed by atoms with Gasteiger partial charge in [-0.15, -0.1) is 0 Å². The Labute approximate surface area is 119 Å². The molecule has 2 nitrogen and oxygen atoms in total. The SMILES string of the molecule is Cc1cc(N2CC(C)(C)NCC2(C)C)ccc1Br. The number of hydrogen-bond acceptors (Lipinski definition) is 2. The smallest absolute Gasteiger partial charge is 0.0471 e. The molecule has 100 valence electrons. The minimum atomic E-state index is 0.149. The van der Waals surface area contributed by atoms with E-state index < -0.39 is 0 Å². The second kappa shape index (κ2) is 4.53. The van der Waals surface area contributed by atoms with Crippen molar-refractivity contribution in [3.05, 3.63) is 28.2 Å². The zero-order chi connectivity index (χ0) is 13.6. The van der Waals surface area contributed by atoms with Crippen LogP contribution in [0.3, 0.4) is 0 Å². The summed E-state index contributed by atoms with van der Waals surface area (Å²) in [5, 5.41) is 3.62. The summed E-state index contributed by atoms with van der Waals surface area (Å²) in [5.74, 6) is 0. The van der Waals surface area contributed by atoms with E-state index in [1.807, 2.05) is 0 Å². The third kappa shape index (κ3) is 2.72. The fraction of sp³-hybridized carbons (Fsp3) is 0.600. The maximum absolute atomic E-state index is 3.62. The predicted octanol–water partition coefficient (Wildman–Crippen LogP) is 3.72. The van der Waals surface area contributed by atoms with E-state index in [1.54, 1.807) is 0 Å². The standard InChI is InChI=1S/C15H23BrN2/c1-11-8-12(6-7-13(11)16)18-10-14(2,3)17-9-15(18,4)5/h6-8,17H,9-10H2,1-5H3. The maximum Gasteiger partial charge on any atom is 0.0471 e. The third-order valence-electron chi connectivity index (χ3n) is 3.74. The van der Waals surface area contributed by atoms with Gasteiger partial charge < -0.3 is 10.2 Å². The Morgan fingerprint density at radius 3 is 2.50 bits per heavy atom. The molecule has 0 amide bonds. The molecular weight excluding hydrogens is 288 g/mol. The van der Waals surface area contributed by atoms with Crippen molar-refractivity contribution in [3.8, 4) is 0 Å². The monoisotopic (exact) mass is 310 g/mol. The Morgan fingerprint density at radius 1 is 1.22 bits per heavy atom. The van der Waals surface area contributed by atoms with Crippen molar-refractivity contribution in [2.24, 2.45) is 0 Å². The van der Waals surface area contributed by atoms with E-state index in [9.17, 15) is 0 Å². The first-order chi connectivity index (χ1) is 8.21. The number of nitrogens with one attached hydrogen (secondary N) is 1. The molecule has 18 heavy (non-hydrogen) atoms. The summed E-state index contributed by atoms with van der Waals surface area (Å²) in [6.45, 7) is 13.3. The minimum Gasteiger partial charge on any atom is -0.363 e. The predicted molar refractivity (Wildman–Crippen MR) is 82.4 cm³/mol. The number of aryl methyl sites for hydroxylation is 1. The van der Waals surface area contributed by atoms with E-state index in [0.29, 0.717) is 0 Å². The first-order valence-electron chi connectivity index (χ1n) is 6.50. The van der Waals surface area contributed by atoms with Crippen LogP contribution in [0.5, 0.6) is 0 Å². The maximum atomic E-state index is 3.62. The van der Waals surface area contributed by atoms with Crippen LogP contribution in [0.2, 0.25) is 0 Å². The molecule has 1 N–H and O–H groups in total. The Hall–Kier alpha value is -0.540. The number of rotatable bonds is 1. The Bertz CT molecular complexity index is 452. The van der Waals surface area contributed by atoms with E-state index in [0.717, 1.165) is 13.1 Å². The number of benzene rings is 1. The highest BCUT2D eigenvalue weighted by atomic mass is 79.9. The van der Waals surface area contributed by atoms with Crippen LogP contribution in [0.25, 0.3) is 0 Å². The summed E-state index contributed by atoms with van der Waals surface area (Å²) in [7, 11) is 0. The molecule has 0 spiro atoms. The van der Waals surface area contributed by atoms with Gasteiger partial charge in [-0.1, -0.05) is 15.9 Å². The number of piperazine rings is 1. The van der Waals surface area contributed by atoms with Crippen LogP contribution >= 0.6 is 15.9 Å². The molecule has 2 rings (SSSR count). The van der Waals surface area contributed by atoms with Gasteiger partial charge in [-0.3, -0.25) is 0 Å². The lowest BCUT2D eigenvalue weighted by molar-refractivity contribution is 0.261. The molecule has 1 fully saturated rings. The van der Waals surface area contributed by atoms with Crippen molar-refractivity contribution in [2.45, 2.75) is 45.7 Å². The van der Waals surface area contributed by atoms with Gasteiger partial charge in [0, 0.05) is 34.3 Å². The number of halogens is 1. The molecule has 1 aromatic rings. The van der Waals surface area contributed by atoms with Crippen molar-refractivity contribution in [1.29, 1.82) is 0 Å². The molecule has 0 unspecified atom stereocenters. The van der Waals surface area contributed by atoms with Crippen LogP contribution in [0.1, 0.15) is 33.3 Å². The van der Waals surface area contributed by atoms with Gasteiger partial charge in [0.2, 0.25) is 0 Å². The molecule has 0 saturated carbocycles. The van der Waals surface area contributed by atoms with Crippen LogP contribution in [0.4, 0.5) is 5.69 Å². The summed E-state index contributed by atoms with van der Waals surface area (Å²) in [5.41, 5.74) is 2.92. The van der Waals surface area contributed by atoms with Gasteiger partial charge >= 0.3 is 0 Å². The topological polar surface area (TPSA) is 15.3 Å². The van der Waals surface area contributed by atoms with E-state index >= 15 is 0 Å². The van der Waals surface area contributed by atoms with Crippen LogP contribution in [0, 0.1) is 6.92 Å². The average molecular weight is 311 g/mol. The van der Waals surface area contributed by atoms with Crippen molar-refractivity contribution in [1.82, 2.24) is 5.32 Å². The molecule has 3 heteroatoms. The molecule has 0 aliphatic carbocycles. The van der Waals surface area contributed by atoms with Crippen molar-refractivity contribution in [2.75, 3.05) is 18.0 Å². The summed E-state index contributed by atoms with van der Waals surface area (Å²) in [6.07, 6.45) is 0. The number of hydrogen-bond donors (Lipinski definition) is 1. The van der Waals surface area contributed by atoms with Crippen LogP contribution in [-0.2, 0) is 0 Å². The van der Waals surface area contributed by atoms with Crippen LogP contribution < -0.4 is 10.2 Å². The first-order valence-corrected chi connectivity index (χ1v) is 7.29. The molecule has 0 bridgehead atoms. The summed E-state index contributed by atoms with van der Waals surface area (Å²) in [4.78, 5) is 2.52. The lowest BCUT2D eigenvalue weighted by Gasteiger charge is -2.51. The molecular formula is C15H23BrN2. The van der Waals surface area contributed by atoms with Crippen LogP contribution in [-0.4, -0.2) is 24.2 Å². The van der Waals surface area contributed by atoms with Gasteiger partial charge in [0.05, 0.1) is 0 Å². The highest BCUT2D eigenvalue weighted by molar-refractivity contribution is 9.10. The van der Waals surface area contributed by atoms with Gasteiger partial charge in [0.25, 0.3) is 0 Å². The van der Waals surface area contributed by atoms with Gasteiger partial charge in [0.1, 0.15) is 0 Å². The zero-order valence-corrected chi connectivity index (χ0v) is 13.6. The lowest BCUT2D eigenvalue weighted by atomic mass is 9.90. The van der Waals surface area contributed by atoms with Gasteiger partial charge in [0.15, 0.2) is 0 Å². The second-order valence-electron chi connectivity index (χ2n) is 6.57. The van der Waals surface area contributed by atoms with Gasteiger partial charge in [-0.05, 0) is 58.4 Å². The zero-order valence-electron chi connectivity index (χ0n) is 12.0. The summed E-state index contributed by atoms with van der Waals surface area (Å²) in [6, 6.07) is 6.63. The van der Waals surface area contributed by atoms with Gasteiger partial charge in [-0.25, -0.2) is 0 Å². The van der Waals surface area contributed by atoms with Crippen molar-refractivity contribution in [3.63, 3.8) is 0 Å². The quantitative estimate of drug-likeness (QED) is 0.850. The van der Waals surface area contributed by atoms with E-state index in [4.69, 9.17) is 0 Å². The summed E-state index contributed by atoms with van der Waals surface area (Å²) < 4.78 is 1.18. The van der Waals surface area contributed by atoms with Crippen LogP contribution in [0.15, 0.2) is 22.7 Å². The van der Waals surface area contributed by atoms with Crippen molar-refractivity contribution >= 4 is 21.6 Å². The molecule has 1 saturated heterocycles. The van der Waals surface area contributed by atoms with E-state index in [2.05, 4.69) is 79.0 Å². The Balaban J connectivity index is 2.36. The van der Waals surface area contributed by atoms with Crippen molar-refractivity contribution < 1.29 is 0 Å². The molecule has 0 radical (unpaired) electrons. The van der Waals surface area contributed by atoms with E-state index in [-0.39, 0.29) is 11.1 Å². The molecule has 1 aliphatic heterocycles. The minimum absolute atomic E-state index is 0.149. The summed E-state index contributed by atoms with van der Waals surface area (Å²) >= 11 is 3.57. The molecule has 0 atom stereocenters. The van der Waals surface area contributed by atoms with E-state index in [1.165, 1.54) is 15.7 Å². The Morgan fingerprint density at radius 2 is 1.89 bits per heavy atom. The largest absolute Gasteiger partial charge is 0.363 e. The normalized spacial score (nSPS) is 22.0. The van der Waals surface area contributed by atoms with Gasteiger partial charge in [-0.2, -0.15) is 0 Å². The molecule has 1 aromatic carbocycles. The number of nitrogens with zero attached hydrogens (tertiary/aromatic N) is 1. The molecule has 1 aliphatic rings. The fourth-order valence-corrected chi connectivity index (χ4v) is 2.70. The molecule has 1 heterocycles.